The lowest BCUT2D eigenvalue weighted by Crippen LogP contribution is -1.92. The predicted molar refractivity (Wildman–Crippen MR) is 109 cm³/mol. The first-order valence-electron chi connectivity index (χ1n) is 9.10. The molecule has 0 saturated heterocycles. The van der Waals surface area contributed by atoms with Crippen LogP contribution in [0.25, 0.3) is 34.3 Å². The second kappa shape index (κ2) is 7.02. The Morgan fingerprint density at radius 2 is 1.41 bits per heavy atom. The van der Waals surface area contributed by atoms with E-state index in [1.54, 1.807) is 24.3 Å². The lowest BCUT2D eigenvalue weighted by molar-refractivity contribution is 0.174. The molecule has 0 saturated carbocycles. The maximum absolute atomic E-state index is 13.3. The van der Waals surface area contributed by atoms with Crippen molar-refractivity contribution in [2.24, 2.45) is 0 Å². The molecule has 3 aromatic carbocycles. The summed E-state index contributed by atoms with van der Waals surface area (Å²) in [5.41, 5.74) is 4.06. The zero-order chi connectivity index (χ0) is 19.8. The number of hydrogen-bond donors (Lipinski definition) is 0. The van der Waals surface area contributed by atoms with Gasteiger partial charge in [0.05, 0.1) is 11.2 Å². The lowest BCUT2D eigenvalue weighted by atomic mass is 10.0. The Bertz CT molecular complexity index is 1230. The molecule has 0 aliphatic carbocycles. The molecule has 0 unspecified atom stereocenters. The maximum Gasteiger partial charge on any atom is 0.231 e. The van der Waals surface area contributed by atoms with Crippen molar-refractivity contribution in [2.75, 3.05) is 6.79 Å². The first-order valence-corrected chi connectivity index (χ1v) is 9.10. The average molecular weight is 387 g/mol. The second-order valence-electron chi connectivity index (χ2n) is 6.71. The number of aromatic nitrogens is 1. The van der Waals surface area contributed by atoms with E-state index in [1.807, 2.05) is 30.4 Å². The summed E-state index contributed by atoms with van der Waals surface area (Å²) >= 11 is 0. The van der Waals surface area contributed by atoms with Crippen molar-refractivity contribution in [3.8, 4) is 22.8 Å². The molecule has 2 heterocycles. The van der Waals surface area contributed by atoms with Gasteiger partial charge in [-0.1, -0.05) is 24.3 Å². The van der Waals surface area contributed by atoms with Gasteiger partial charge in [-0.2, -0.15) is 0 Å². The van der Waals surface area contributed by atoms with Crippen LogP contribution in [0.2, 0.25) is 0 Å². The van der Waals surface area contributed by atoms with Crippen molar-refractivity contribution in [1.29, 1.82) is 0 Å². The Hall–Kier alpha value is -3.73. The van der Waals surface area contributed by atoms with Crippen LogP contribution in [0, 0.1) is 11.6 Å². The number of nitrogens with zero attached hydrogens (tertiary/aromatic N) is 1. The summed E-state index contributed by atoms with van der Waals surface area (Å²) < 4.78 is 37.5. The van der Waals surface area contributed by atoms with Crippen molar-refractivity contribution < 1.29 is 18.3 Å². The Balaban J connectivity index is 1.66. The summed E-state index contributed by atoms with van der Waals surface area (Å²) in [7, 11) is 0. The van der Waals surface area contributed by atoms with Gasteiger partial charge in [0.2, 0.25) is 6.79 Å². The summed E-state index contributed by atoms with van der Waals surface area (Å²) in [6.45, 7) is 0.178. The topological polar surface area (TPSA) is 31.4 Å². The van der Waals surface area contributed by atoms with Gasteiger partial charge < -0.3 is 9.47 Å². The zero-order valence-corrected chi connectivity index (χ0v) is 15.2. The Morgan fingerprint density at radius 3 is 2.14 bits per heavy atom. The number of hydrogen-bond acceptors (Lipinski definition) is 3. The maximum atomic E-state index is 13.3. The first-order chi connectivity index (χ1) is 14.2. The van der Waals surface area contributed by atoms with Gasteiger partial charge in [0, 0.05) is 17.0 Å². The molecular formula is C24H15F2NO2. The van der Waals surface area contributed by atoms with Crippen molar-refractivity contribution in [3.05, 3.63) is 89.5 Å². The number of rotatable bonds is 3. The minimum absolute atomic E-state index is 0.178. The Morgan fingerprint density at radius 1 is 0.759 bits per heavy atom. The van der Waals surface area contributed by atoms with Crippen LogP contribution in [-0.4, -0.2) is 11.8 Å². The van der Waals surface area contributed by atoms with Gasteiger partial charge in [-0.15, -0.1) is 0 Å². The summed E-state index contributed by atoms with van der Waals surface area (Å²) in [6.07, 6.45) is 3.86. The molecule has 0 amide bonds. The highest BCUT2D eigenvalue weighted by atomic mass is 19.1. The first kappa shape index (κ1) is 17.4. The summed E-state index contributed by atoms with van der Waals surface area (Å²) in [5, 5.41) is 0.901. The van der Waals surface area contributed by atoms with Crippen LogP contribution in [0.5, 0.6) is 11.5 Å². The largest absolute Gasteiger partial charge is 0.454 e. The van der Waals surface area contributed by atoms with Gasteiger partial charge in [-0.3, -0.25) is 0 Å². The lowest BCUT2D eigenvalue weighted by Gasteiger charge is -2.09. The smallest absolute Gasteiger partial charge is 0.231 e. The van der Waals surface area contributed by atoms with Gasteiger partial charge in [0.1, 0.15) is 11.6 Å². The third-order valence-electron chi connectivity index (χ3n) is 4.80. The van der Waals surface area contributed by atoms with Crippen LogP contribution in [0.15, 0.2) is 66.7 Å². The van der Waals surface area contributed by atoms with Gasteiger partial charge >= 0.3 is 0 Å². The fraction of sp³-hybridized carbons (Fsp3) is 0.0417. The zero-order valence-electron chi connectivity index (χ0n) is 15.2. The van der Waals surface area contributed by atoms with Gasteiger partial charge in [0.15, 0.2) is 11.5 Å². The van der Waals surface area contributed by atoms with E-state index >= 15 is 0 Å². The molecule has 0 spiro atoms. The van der Waals surface area contributed by atoms with Crippen LogP contribution in [0.4, 0.5) is 8.78 Å². The standard InChI is InChI=1S/C24H15F2NO2/c25-18-7-2-15(3-8-18)1-4-17-11-21(16-5-9-19(26)10-6-16)27-22-13-24-23(12-20(17)22)28-14-29-24/h1-13H,14H2/b4-1+. The summed E-state index contributed by atoms with van der Waals surface area (Å²) in [4.78, 5) is 4.74. The molecule has 29 heavy (non-hydrogen) atoms. The van der Waals surface area contributed by atoms with Gasteiger partial charge in [-0.05, 0) is 59.7 Å². The minimum atomic E-state index is -0.297. The molecular weight excluding hydrogens is 372 g/mol. The van der Waals surface area contributed by atoms with Crippen molar-refractivity contribution >= 4 is 23.1 Å². The number of halogens is 2. The van der Waals surface area contributed by atoms with Crippen LogP contribution in [0.3, 0.4) is 0 Å². The summed E-state index contributed by atoms with van der Waals surface area (Å²) in [6, 6.07) is 18.2. The van der Waals surface area contributed by atoms with E-state index in [4.69, 9.17) is 14.5 Å². The van der Waals surface area contributed by atoms with Crippen molar-refractivity contribution in [1.82, 2.24) is 4.98 Å². The molecule has 0 N–H and O–H groups in total. The van der Waals surface area contributed by atoms with E-state index in [0.29, 0.717) is 11.5 Å². The van der Waals surface area contributed by atoms with Gasteiger partial charge in [0.25, 0.3) is 0 Å². The monoisotopic (exact) mass is 387 g/mol. The van der Waals surface area contributed by atoms with Gasteiger partial charge in [-0.25, -0.2) is 13.8 Å². The van der Waals surface area contributed by atoms with E-state index in [0.717, 1.165) is 33.3 Å². The quantitative estimate of drug-likeness (QED) is 0.427. The molecule has 142 valence electrons. The second-order valence-corrected chi connectivity index (χ2v) is 6.71. The normalized spacial score (nSPS) is 12.8. The molecule has 5 heteroatoms. The molecule has 0 fully saturated rings. The van der Waals surface area contributed by atoms with E-state index < -0.39 is 0 Å². The highest BCUT2D eigenvalue weighted by molar-refractivity contribution is 5.94. The predicted octanol–water partition coefficient (Wildman–Crippen LogP) is 6.08. The number of benzene rings is 3. The molecule has 3 nitrogen and oxygen atoms in total. The SMILES string of the molecule is Fc1ccc(/C=C/c2cc(-c3ccc(F)cc3)nc3cc4c(cc23)OCO4)cc1. The minimum Gasteiger partial charge on any atom is -0.454 e. The molecule has 1 aliphatic rings. The van der Waals surface area contributed by atoms with Crippen LogP contribution in [-0.2, 0) is 0 Å². The molecule has 1 aliphatic heterocycles. The number of ether oxygens (including phenoxy) is 2. The molecule has 5 rings (SSSR count). The van der Waals surface area contributed by atoms with Crippen LogP contribution in [0.1, 0.15) is 11.1 Å². The average Bonchev–Trinajstić information content (AvgIpc) is 3.19. The van der Waals surface area contributed by atoms with Crippen LogP contribution >= 0.6 is 0 Å². The fourth-order valence-electron chi connectivity index (χ4n) is 3.31. The number of fused-ring (bicyclic) bond motifs is 2. The number of pyridine rings is 1. The fourth-order valence-corrected chi connectivity index (χ4v) is 3.31. The van der Waals surface area contributed by atoms with E-state index in [-0.39, 0.29) is 18.4 Å². The van der Waals surface area contributed by atoms with E-state index in [1.165, 1.54) is 24.3 Å². The van der Waals surface area contributed by atoms with Crippen LogP contribution < -0.4 is 9.47 Å². The van der Waals surface area contributed by atoms with E-state index in [9.17, 15) is 8.78 Å². The Labute approximate surface area is 165 Å². The highest BCUT2D eigenvalue weighted by Gasteiger charge is 2.17. The molecule has 0 atom stereocenters. The van der Waals surface area contributed by atoms with E-state index in [2.05, 4.69) is 0 Å². The molecule has 1 aromatic heterocycles. The summed E-state index contributed by atoms with van der Waals surface area (Å²) in [5.74, 6) is 0.747. The third kappa shape index (κ3) is 3.43. The highest BCUT2D eigenvalue weighted by Crippen LogP contribution is 2.38. The molecule has 4 aromatic rings. The molecule has 0 bridgehead atoms. The Kier molecular flexibility index (Phi) is 4.21. The third-order valence-corrected chi connectivity index (χ3v) is 4.80. The van der Waals surface area contributed by atoms with Crippen molar-refractivity contribution in [2.45, 2.75) is 0 Å². The van der Waals surface area contributed by atoms with Crippen molar-refractivity contribution in [3.63, 3.8) is 0 Å². The molecule has 0 radical (unpaired) electrons.